The Kier molecular flexibility index (Phi) is 3.82. The third-order valence-electron chi connectivity index (χ3n) is 3.89. The van der Waals surface area contributed by atoms with Crippen LogP contribution < -0.4 is 5.32 Å². The van der Waals surface area contributed by atoms with Crippen LogP contribution in [0.15, 0.2) is 24.3 Å². The van der Waals surface area contributed by atoms with Crippen molar-refractivity contribution >= 4 is 0 Å². The molecule has 0 bridgehead atoms. The molecule has 17 heavy (non-hydrogen) atoms. The first-order valence-electron chi connectivity index (χ1n) is 6.64. The summed E-state index contributed by atoms with van der Waals surface area (Å²) >= 11 is 0. The van der Waals surface area contributed by atoms with Gasteiger partial charge in [0, 0.05) is 12.6 Å². The minimum absolute atomic E-state index is 0.161. The third-order valence-corrected chi connectivity index (χ3v) is 3.89. The van der Waals surface area contributed by atoms with E-state index in [1.165, 1.54) is 43.4 Å². The van der Waals surface area contributed by atoms with Crippen LogP contribution in [-0.4, -0.2) is 6.54 Å². The van der Waals surface area contributed by atoms with Gasteiger partial charge in [-0.2, -0.15) is 0 Å². The number of hydrogen-bond acceptors (Lipinski definition) is 1. The lowest BCUT2D eigenvalue weighted by atomic mass is 9.99. The topological polar surface area (TPSA) is 12.0 Å². The lowest BCUT2D eigenvalue weighted by Gasteiger charge is -2.20. The Morgan fingerprint density at radius 1 is 1.29 bits per heavy atom. The van der Waals surface area contributed by atoms with Crippen molar-refractivity contribution in [3.05, 3.63) is 35.6 Å². The van der Waals surface area contributed by atoms with Crippen LogP contribution >= 0.6 is 0 Å². The molecule has 1 unspecified atom stereocenters. The second-order valence-electron chi connectivity index (χ2n) is 5.40. The van der Waals surface area contributed by atoms with Crippen molar-refractivity contribution in [2.75, 3.05) is 6.54 Å². The van der Waals surface area contributed by atoms with Crippen molar-refractivity contribution in [1.82, 2.24) is 5.32 Å². The van der Waals surface area contributed by atoms with Crippen LogP contribution in [0.2, 0.25) is 0 Å². The number of nitrogens with one attached hydrogen (secondary N) is 1. The fourth-order valence-electron chi connectivity index (χ4n) is 2.46. The summed E-state index contributed by atoms with van der Waals surface area (Å²) in [7, 11) is 0. The summed E-state index contributed by atoms with van der Waals surface area (Å²) in [6.07, 6.45) is 5.33. The highest BCUT2D eigenvalue weighted by Crippen LogP contribution is 2.49. The molecule has 1 aliphatic rings. The molecule has 0 radical (unpaired) electrons. The van der Waals surface area contributed by atoms with Gasteiger partial charge in [-0.15, -0.1) is 0 Å². The Hall–Kier alpha value is -0.890. The van der Waals surface area contributed by atoms with E-state index >= 15 is 0 Å². The summed E-state index contributed by atoms with van der Waals surface area (Å²) < 4.78 is 12.8. The maximum atomic E-state index is 12.8. The van der Waals surface area contributed by atoms with Crippen molar-refractivity contribution in [2.24, 2.45) is 5.41 Å². The lowest BCUT2D eigenvalue weighted by molar-refractivity contribution is 0.397. The summed E-state index contributed by atoms with van der Waals surface area (Å²) in [5, 5.41) is 3.58. The van der Waals surface area contributed by atoms with Gasteiger partial charge >= 0.3 is 0 Å². The summed E-state index contributed by atoms with van der Waals surface area (Å²) in [4.78, 5) is 0. The van der Waals surface area contributed by atoms with Gasteiger partial charge in [-0.3, -0.25) is 0 Å². The number of rotatable bonds is 6. The zero-order valence-electron chi connectivity index (χ0n) is 10.8. The van der Waals surface area contributed by atoms with Gasteiger partial charge in [0.1, 0.15) is 5.82 Å². The Balaban J connectivity index is 1.85. The maximum Gasteiger partial charge on any atom is 0.123 e. The Morgan fingerprint density at radius 2 is 1.94 bits per heavy atom. The predicted octanol–water partition coefficient (Wildman–Crippen LogP) is 4.06. The van der Waals surface area contributed by atoms with Gasteiger partial charge in [-0.1, -0.05) is 25.5 Å². The number of halogens is 1. The van der Waals surface area contributed by atoms with E-state index in [0.29, 0.717) is 11.5 Å². The van der Waals surface area contributed by atoms with Crippen LogP contribution in [0.5, 0.6) is 0 Å². The molecule has 1 atom stereocenters. The molecule has 1 aliphatic carbocycles. The van der Waals surface area contributed by atoms with Crippen LogP contribution in [0, 0.1) is 11.2 Å². The Morgan fingerprint density at radius 3 is 2.47 bits per heavy atom. The minimum Gasteiger partial charge on any atom is -0.310 e. The van der Waals surface area contributed by atoms with Gasteiger partial charge in [-0.05, 0) is 49.3 Å². The smallest absolute Gasteiger partial charge is 0.123 e. The third kappa shape index (κ3) is 3.29. The average Bonchev–Trinajstić information content (AvgIpc) is 3.08. The minimum atomic E-state index is -0.161. The van der Waals surface area contributed by atoms with E-state index in [2.05, 4.69) is 19.2 Å². The molecule has 0 aliphatic heterocycles. The summed E-state index contributed by atoms with van der Waals surface area (Å²) in [6.45, 7) is 5.50. The van der Waals surface area contributed by atoms with Gasteiger partial charge < -0.3 is 5.32 Å². The molecule has 1 N–H and O–H groups in total. The average molecular weight is 235 g/mol. The number of hydrogen-bond donors (Lipinski definition) is 1. The lowest BCUT2D eigenvalue weighted by Crippen LogP contribution is -2.26. The number of benzene rings is 1. The molecule has 2 rings (SSSR count). The molecule has 0 spiro atoms. The second kappa shape index (κ2) is 5.18. The SMILES string of the molecule is CCCC1(CNC(C)c2ccc(F)cc2)CC1. The van der Waals surface area contributed by atoms with Crippen LogP contribution in [0.1, 0.15) is 51.1 Å². The largest absolute Gasteiger partial charge is 0.310 e. The van der Waals surface area contributed by atoms with Gasteiger partial charge in [0.2, 0.25) is 0 Å². The molecule has 94 valence electrons. The predicted molar refractivity (Wildman–Crippen MR) is 69.4 cm³/mol. The van der Waals surface area contributed by atoms with Gasteiger partial charge in [0.25, 0.3) is 0 Å². The van der Waals surface area contributed by atoms with Crippen molar-refractivity contribution in [3.8, 4) is 0 Å². The highest BCUT2D eigenvalue weighted by atomic mass is 19.1. The molecule has 2 heteroatoms. The van der Waals surface area contributed by atoms with Crippen LogP contribution in [0.25, 0.3) is 0 Å². The van der Waals surface area contributed by atoms with Crippen molar-refractivity contribution in [1.29, 1.82) is 0 Å². The van der Waals surface area contributed by atoms with Crippen LogP contribution in [-0.2, 0) is 0 Å². The van der Waals surface area contributed by atoms with Crippen molar-refractivity contribution < 1.29 is 4.39 Å². The normalized spacial score (nSPS) is 19.0. The van der Waals surface area contributed by atoms with E-state index in [1.807, 2.05) is 12.1 Å². The second-order valence-corrected chi connectivity index (χ2v) is 5.40. The molecular formula is C15H22FN. The van der Waals surface area contributed by atoms with Gasteiger partial charge in [0.15, 0.2) is 0 Å². The summed E-state index contributed by atoms with van der Waals surface area (Å²) in [5.74, 6) is -0.161. The molecule has 1 aromatic carbocycles. The van der Waals surface area contributed by atoms with E-state index < -0.39 is 0 Å². The first-order valence-corrected chi connectivity index (χ1v) is 6.64. The van der Waals surface area contributed by atoms with E-state index in [9.17, 15) is 4.39 Å². The molecule has 0 saturated heterocycles. The maximum absolute atomic E-state index is 12.8. The molecule has 1 fully saturated rings. The summed E-state index contributed by atoms with van der Waals surface area (Å²) in [6, 6.07) is 7.11. The van der Waals surface area contributed by atoms with Crippen molar-refractivity contribution in [3.63, 3.8) is 0 Å². The van der Waals surface area contributed by atoms with Crippen LogP contribution in [0.3, 0.4) is 0 Å². The highest BCUT2D eigenvalue weighted by molar-refractivity contribution is 5.19. The molecule has 1 saturated carbocycles. The van der Waals surface area contributed by atoms with E-state index in [0.717, 1.165) is 6.54 Å². The van der Waals surface area contributed by atoms with E-state index in [-0.39, 0.29) is 5.82 Å². The molecule has 0 aromatic heterocycles. The molecule has 1 aromatic rings. The van der Waals surface area contributed by atoms with Gasteiger partial charge in [0.05, 0.1) is 0 Å². The molecular weight excluding hydrogens is 213 g/mol. The molecule has 1 nitrogen and oxygen atoms in total. The van der Waals surface area contributed by atoms with Gasteiger partial charge in [-0.25, -0.2) is 4.39 Å². The molecule has 0 heterocycles. The first kappa shape index (κ1) is 12.6. The molecule has 0 amide bonds. The fourth-order valence-corrected chi connectivity index (χ4v) is 2.46. The Bertz CT molecular complexity index is 354. The van der Waals surface area contributed by atoms with E-state index in [1.54, 1.807) is 0 Å². The highest BCUT2D eigenvalue weighted by Gasteiger charge is 2.41. The monoisotopic (exact) mass is 235 g/mol. The zero-order chi connectivity index (χ0) is 12.3. The standard InChI is InChI=1S/C15H22FN/c1-3-8-15(9-10-15)11-17-12(2)13-4-6-14(16)7-5-13/h4-7,12,17H,3,8-11H2,1-2H3. The fraction of sp³-hybridized carbons (Fsp3) is 0.600. The van der Waals surface area contributed by atoms with Crippen molar-refractivity contribution in [2.45, 2.75) is 45.6 Å². The van der Waals surface area contributed by atoms with E-state index in [4.69, 9.17) is 0 Å². The first-order chi connectivity index (χ1) is 8.15. The van der Waals surface area contributed by atoms with Crippen LogP contribution in [0.4, 0.5) is 4.39 Å². The summed E-state index contributed by atoms with van der Waals surface area (Å²) in [5.41, 5.74) is 1.74. The Labute approximate surface area is 103 Å². The zero-order valence-corrected chi connectivity index (χ0v) is 10.8. The quantitative estimate of drug-likeness (QED) is 0.784.